The Balaban J connectivity index is 2.00. The van der Waals surface area contributed by atoms with Crippen LogP contribution in [-0.2, 0) is 0 Å². The largest absolute Gasteiger partial charge is 0.351 e. The molecular formula is C15H13F2N7. The number of nitrogens with zero attached hydrogens (tertiary/aromatic N) is 7. The smallest absolute Gasteiger partial charge is 0.204 e. The number of halogens is 2. The number of hydrogen-bond donors (Lipinski definition) is 0. The summed E-state index contributed by atoms with van der Waals surface area (Å²) in [4.78, 5) is 8.48. The van der Waals surface area contributed by atoms with Crippen LogP contribution in [0.2, 0.25) is 0 Å². The van der Waals surface area contributed by atoms with Crippen molar-refractivity contribution in [1.82, 2.24) is 24.5 Å². The molecule has 1 aliphatic heterocycles. The van der Waals surface area contributed by atoms with Crippen molar-refractivity contribution in [2.45, 2.75) is 0 Å². The number of likely N-dealkylation sites (N-methyl/N-ethyl adjacent to an activating group) is 1. The first-order chi connectivity index (χ1) is 11.6. The fraction of sp³-hybridized carbons (Fsp3) is 0.333. The monoisotopic (exact) mass is 329 g/mol. The van der Waals surface area contributed by atoms with Gasteiger partial charge in [0, 0.05) is 26.2 Å². The van der Waals surface area contributed by atoms with E-state index in [1.54, 1.807) is 10.5 Å². The molecule has 1 aromatic carbocycles. The zero-order valence-electron chi connectivity index (χ0n) is 12.9. The van der Waals surface area contributed by atoms with Gasteiger partial charge in [0.05, 0.1) is 11.1 Å². The predicted octanol–water partition coefficient (Wildman–Crippen LogP) is 1.18. The van der Waals surface area contributed by atoms with Gasteiger partial charge in [0.25, 0.3) is 0 Å². The first-order valence-corrected chi connectivity index (χ1v) is 7.45. The average molecular weight is 329 g/mol. The van der Waals surface area contributed by atoms with E-state index in [1.165, 1.54) is 12.4 Å². The second kappa shape index (κ2) is 5.35. The lowest BCUT2D eigenvalue weighted by Gasteiger charge is -2.33. The van der Waals surface area contributed by atoms with Crippen LogP contribution < -0.4 is 4.90 Å². The van der Waals surface area contributed by atoms with Gasteiger partial charge in [0.2, 0.25) is 5.65 Å². The first-order valence-electron chi connectivity index (χ1n) is 7.45. The van der Waals surface area contributed by atoms with Crippen molar-refractivity contribution in [3.8, 4) is 6.07 Å². The molecule has 3 aromatic rings. The summed E-state index contributed by atoms with van der Waals surface area (Å²) in [5, 5.41) is 16.9. The molecular weight excluding hydrogens is 316 g/mol. The molecule has 122 valence electrons. The third-order valence-corrected chi connectivity index (χ3v) is 4.31. The Morgan fingerprint density at radius 1 is 1.17 bits per heavy atom. The summed E-state index contributed by atoms with van der Waals surface area (Å²) < 4.78 is 29.9. The van der Waals surface area contributed by atoms with Crippen LogP contribution in [-0.4, -0.2) is 57.7 Å². The summed E-state index contributed by atoms with van der Waals surface area (Å²) in [6.07, 6.45) is 1.41. The Labute approximate surface area is 135 Å². The topological polar surface area (TPSA) is 73.3 Å². The van der Waals surface area contributed by atoms with Crippen LogP contribution in [0, 0.1) is 23.0 Å². The molecule has 1 saturated heterocycles. The van der Waals surface area contributed by atoms with E-state index in [0.717, 1.165) is 13.1 Å². The normalized spacial score (nSPS) is 16.0. The van der Waals surface area contributed by atoms with Crippen LogP contribution in [0.1, 0.15) is 5.56 Å². The summed E-state index contributed by atoms with van der Waals surface area (Å²) in [5.41, 5.74) is 0.224. The summed E-state index contributed by atoms with van der Waals surface area (Å²) in [7, 11) is 2.02. The van der Waals surface area contributed by atoms with Crippen molar-refractivity contribution in [2.24, 2.45) is 0 Å². The Morgan fingerprint density at radius 2 is 1.92 bits per heavy atom. The Bertz CT molecular complexity index is 983. The van der Waals surface area contributed by atoms with Crippen LogP contribution >= 0.6 is 0 Å². The van der Waals surface area contributed by atoms with Crippen molar-refractivity contribution < 1.29 is 8.78 Å². The van der Waals surface area contributed by atoms with Crippen molar-refractivity contribution in [3.63, 3.8) is 0 Å². The molecule has 24 heavy (non-hydrogen) atoms. The van der Waals surface area contributed by atoms with Gasteiger partial charge >= 0.3 is 0 Å². The zero-order valence-corrected chi connectivity index (χ0v) is 12.9. The van der Waals surface area contributed by atoms with Gasteiger partial charge in [-0.25, -0.2) is 13.8 Å². The van der Waals surface area contributed by atoms with E-state index in [4.69, 9.17) is 5.26 Å². The molecule has 0 atom stereocenters. The Morgan fingerprint density at radius 3 is 2.62 bits per heavy atom. The maximum atomic E-state index is 14.4. The second-order valence-electron chi connectivity index (χ2n) is 5.78. The molecule has 3 heterocycles. The highest BCUT2D eigenvalue weighted by molar-refractivity contribution is 5.84. The minimum Gasteiger partial charge on any atom is -0.351 e. The molecule has 9 heteroatoms. The number of fused-ring (bicyclic) bond motifs is 3. The molecule has 0 amide bonds. The van der Waals surface area contributed by atoms with Crippen LogP contribution in [0.15, 0.2) is 12.4 Å². The number of nitriles is 1. The van der Waals surface area contributed by atoms with Gasteiger partial charge in [-0.15, -0.1) is 10.2 Å². The highest BCUT2D eigenvalue weighted by Crippen LogP contribution is 2.28. The molecule has 4 rings (SSSR count). The van der Waals surface area contributed by atoms with E-state index < -0.39 is 11.6 Å². The number of piperazine rings is 1. The zero-order chi connectivity index (χ0) is 16.8. The lowest BCUT2D eigenvalue weighted by atomic mass is 10.1. The number of benzene rings is 1. The van der Waals surface area contributed by atoms with E-state index in [9.17, 15) is 8.78 Å². The molecule has 1 aliphatic rings. The molecule has 0 aliphatic carbocycles. The fourth-order valence-corrected chi connectivity index (χ4v) is 2.92. The highest BCUT2D eigenvalue weighted by Gasteiger charge is 2.23. The number of rotatable bonds is 1. The fourth-order valence-electron chi connectivity index (χ4n) is 2.92. The van der Waals surface area contributed by atoms with E-state index in [0.29, 0.717) is 24.6 Å². The van der Waals surface area contributed by atoms with Gasteiger partial charge in [0.1, 0.15) is 17.9 Å². The van der Waals surface area contributed by atoms with E-state index in [2.05, 4.69) is 20.1 Å². The van der Waals surface area contributed by atoms with Gasteiger partial charge < -0.3 is 9.80 Å². The molecule has 0 saturated carbocycles. The van der Waals surface area contributed by atoms with Crippen LogP contribution in [0.5, 0.6) is 0 Å². The van der Waals surface area contributed by atoms with Gasteiger partial charge in [0.15, 0.2) is 17.5 Å². The Hall–Kier alpha value is -2.86. The van der Waals surface area contributed by atoms with Crippen molar-refractivity contribution in [3.05, 3.63) is 29.6 Å². The van der Waals surface area contributed by atoms with E-state index in [-0.39, 0.29) is 16.6 Å². The van der Waals surface area contributed by atoms with Crippen LogP contribution in [0.25, 0.3) is 16.7 Å². The van der Waals surface area contributed by atoms with E-state index in [1.807, 2.05) is 11.9 Å². The van der Waals surface area contributed by atoms with Gasteiger partial charge in [-0.2, -0.15) is 5.26 Å². The second-order valence-corrected chi connectivity index (χ2v) is 5.78. The summed E-state index contributed by atoms with van der Waals surface area (Å²) in [6, 6.07) is 2.92. The summed E-state index contributed by atoms with van der Waals surface area (Å²) >= 11 is 0. The number of aromatic nitrogens is 4. The quantitative estimate of drug-likeness (QED) is 0.667. The first kappa shape index (κ1) is 14.7. The lowest BCUT2D eigenvalue weighted by Crippen LogP contribution is -2.45. The van der Waals surface area contributed by atoms with Crippen molar-refractivity contribution in [2.75, 3.05) is 38.1 Å². The molecule has 0 radical (unpaired) electrons. The average Bonchev–Trinajstić information content (AvgIpc) is 3.08. The molecule has 2 aromatic heterocycles. The number of hydrogen-bond acceptors (Lipinski definition) is 6. The Kier molecular flexibility index (Phi) is 3.28. The van der Waals surface area contributed by atoms with Crippen LogP contribution in [0.3, 0.4) is 0 Å². The maximum Gasteiger partial charge on any atom is 0.204 e. The van der Waals surface area contributed by atoms with Gasteiger partial charge in [-0.1, -0.05) is 0 Å². The number of anilines is 1. The van der Waals surface area contributed by atoms with Gasteiger partial charge in [-0.05, 0) is 13.1 Å². The predicted molar refractivity (Wildman–Crippen MR) is 82.6 cm³/mol. The van der Waals surface area contributed by atoms with Crippen molar-refractivity contribution in [1.29, 1.82) is 5.26 Å². The highest BCUT2D eigenvalue weighted by atomic mass is 19.2. The minimum atomic E-state index is -1.19. The molecule has 0 spiro atoms. The molecule has 7 nitrogen and oxygen atoms in total. The minimum absolute atomic E-state index is 0.132. The SMILES string of the molecule is CN1CCN(c2nc3c(F)c(F)c(C#N)cc3n3cnnc23)CC1. The summed E-state index contributed by atoms with van der Waals surface area (Å²) in [6.45, 7) is 3.09. The molecule has 0 bridgehead atoms. The molecule has 0 N–H and O–H groups in total. The lowest BCUT2D eigenvalue weighted by molar-refractivity contribution is 0.312. The standard InChI is InChI=1S/C15H13F2N7/c1-22-2-4-23(5-3-22)14-15-21-19-8-24(15)10-6-9(7-18)11(16)12(17)13(10)20-14/h6,8H,2-5H2,1H3. The van der Waals surface area contributed by atoms with Crippen molar-refractivity contribution >= 4 is 22.5 Å². The van der Waals surface area contributed by atoms with Gasteiger partial charge in [-0.3, -0.25) is 4.40 Å². The third kappa shape index (κ3) is 2.07. The third-order valence-electron chi connectivity index (χ3n) is 4.31. The van der Waals surface area contributed by atoms with E-state index >= 15 is 0 Å². The molecule has 1 fully saturated rings. The van der Waals surface area contributed by atoms with Crippen LogP contribution in [0.4, 0.5) is 14.6 Å². The molecule has 0 unspecified atom stereocenters. The summed E-state index contributed by atoms with van der Waals surface area (Å²) in [5.74, 6) is -1.85. The maximum absolute atomic E-state index is 14.4.